The van der Waals surface area contributed by atoms with Crippen molar-refractivity contribution in [1.82, 2.24) is 10.2 Å². The van der Waals surface area contributed by atoms with Gasteiger partial charge in [-0.2, -0.15) is 0 Å². The van der Waals surface area contributed by atoms with Crippen LogP contribution in [0.25, 0.3) is 10.8 Å². The normalized spacial score (nSPS) is 18.8. The Morgan fingerprint density at radius 2 is 1.72 bits per heavy atom. The quantitative estimate of drug-likeness (QED) is 0.723. The van der Waals surface area contributed by atoms with E-state index in [2.05, 4.69) is 5.32 Å². The first-order chi connectivity index (χ1) is 14.1. The lowest BCUT2D eigenvalue weighted by molar-refractivity contribution is -0.127. The molecule has 5 nitrogen and oxygen atoms in total. The number of nitrogens with zero attached hydrogens (tertiary/aromatic N) is 1. The van der Waals surface area contributed by atoms with Crippen LogP contribution in [0.15, 0.2) is 66.7 Å². The summed E-state index contributed by atoms with van der Waals surface area (Å²) in [5.74, 6) is 0.735. The smallest absolute Gasteiger partial charge is 0.251 e. The second-order valence-corrected chi connectivity index (χ2v) is 7.40. The Kier molecular flexibility index (Phi) is 5.21. The van der Waals surface area contributed by atoms with Crippen LogP contribution in [0.1, 0.15) is 28.4 Å². The van der Waals surface area contributed by atoms with E-state index in [0.717, 1.165) is 22.1 Å². The summed E-state index contributed by atoms with van der Waals surface area (Å²) in [6.45, 7) is 0.439. The van der Waals surface area contributed by atoms with Crippen molar-refractivity contribution in [2.24, 2.45) is 5.92 Å². The van der Waals surface area contributed by atoms with Gasteiger partial charge in [-0.1, -0.05) is 54.6 Å². The summed E-state index contributed by atoms with van der Waals surface area (Å²) in [6.07, 6.45) is 0.430. The highest BCUT2D eigenvalue weighted by molar-refractivity contribution is 6.08. The Morgan fingerprint density at radius 1 is 1.03 bits per heavy atom. The molecule has 1 aliphatic heterocycles. The summed E-state index contributed by atoms with van der Waals surface area (Å²) < 4.78 is 5.42. The molecule has 1 heterocycles. The van der Waals surface area contributed by atoms with E-state index in [4.69, 9.17) is 4.74 Å². The third-order valence-electron chi connectivity index (χ3n) is 5.71. The minimum Gasteiger partial charge on any atom is -0.496 e. The maximum absolute atomic E-state index is 13.0. The van der Waals surface area contributed by atoms with Crippen LogP contribution in [0.3, 0.4) is 0 Å². The highest BCUT2D eigenvalue weighted by Gasteiger charge is 2.38. The fourth-order valence-electron chi connectivity index (χ4n) is 4.25. The number of benzene rings is 3. The zero-order valence-electron chi connectivity index (χ0n) is 16.6. The molecule has 0 bridgehead atoms. The van der Waals surface area contributed by atoms with Crippen molar-refractivity contribution in [3.8, 4) is 5.75 Å². The van der Waals surface area contributed by atoms with E-state index in [1.807, 2.05) is 67.7 Å². The third-order valence-corrected chi connectivity index (χ3v) is 5.71. The molecule has 1 fully saturated rings. The van der Waals surface area contributed by atoms with Gasteiger partial charge >= 0.3 is 0 Å². The molecule has 1 saturated heterocycles. The molecule has 0 radical (unpaired) electrons. The molecule has 0 aromatic heterocycles. The Hall–Kier alpha value is -3.34. The Labute approximate surface area is 170 Å². The highest BCUT2D eigenvalue weighted by atomic mass is 16.5. The van der Waals surface area contributed by atoms with Crippen molar-refractivity contribution in [1.29, 1.82) is 0 Å². The molecule has 29 heavy (non-hydrogen) atoms. The number of hydrogen-bond donors (Lipinski definition) is 1. The fraction of sp³-hybridized carbons (Fsp3) is 0.250. The number of carbonyl (C=O) groups is 2. The maximum atomic E-state index is 13.0. The summed E-state index contributed by atoms with van der Waals surface area (Å²) in [7, 11) is 3.46. The lowest BCUT2D eigenvalue weighted by Gasteiger charge is -2.25. The van der Waals surface area contributed by atoms with Gasteiger partial charge in [-0.15, -0.1) is 0 Å². The fourth-order valence-corrected chi connectivity index (χ4v) is 4.25. The minimum atomic E-state index is -0.141. The number of carbonyl (C=O) groups excluding carboxylic acids is 2. The molecule has 0 unspecified atom stereocenters. The molecule has 3 aromatic carbocycles. The zero-order chi connectivity index (χ0) is 20.4. The van der Waals surface area contributed by atoms with Gasteiger partial charge in [0.15, 0.2) is 0 Å². The predicted octanol–water partition coefficient (Wildman–Crippen LogP) is 3.80. The van der Waals surface area contributed by atoms with E-state index >= 15 is 0 Å². The van der Waals surface area contributed by atoms with Crippen LogP contribution in [-0.4, -0.2) is 37.4 Å². The maximum Gasteiger partial charge on any atom is 0.251 e. The van der Waals surface area contributed by atoms with Crippen molar-refractivity contribution in [2.45, 2.75) is 12.5 Å². The molecular weight excluding hydrogens is 364 g/mol. The number of fused-ring (bicyclic) bond motifs is 1. The molecule has 0 spiro atoms. The number of methoxy groups -OCH3 is 1. The molecule has 2 amide bonds. The van der Waals surface area contributed by atoms with E-state index in [9.17, 15) is 9.59 Å². The number of rotatable bonds is 5. The minimum absolute atomic E-state index is 0.0309. The topological polar surface area (TPSA) is 58.6 Å². The summed E-state index contributed by atoms with van der Waals surface area (Å²) in [6, 6.07) is 21.3. The molecule has 4 rings (SSSR count). The van der Waals surface area contributed by atoms with Gasteiger partial charge in [0, 0.05) is 36.9 Å². The molecule has 0 saturated carbocycles. The van der Waals surface area contributed by atoms with E-state index in [1.165, 1.54) is 0 Å². The van der Waals surface area contributed by atoms with Crippen LogP contribution in [0.2, 0.25) is 0 Å². The van der Waals surface area contributed by atoms with Crippen LogP contribution >= 0.6 is 0 Å². The number of amides is 2. The summed E-state index contributed by atoms with van der Waals surface area (Å²) in [4.78, 5) is 27.1. The van der Waals surface area contributed by atoms with Crippen molar-refractivity contribution in [3.63, 3.8) is 0 Å². The van der Waals surface area contributed by atoms with Gasteiger partial charge in [0.25, 0.3) is 5.91 Å². The molecule has 5 heteroatoms. The second-order valence-electron chi connectivity index (χ2n) is 7.40. The van der Waals surface area contributed by atoms with Gasteiger partial charge < -0.3 is 15.0 Å². The van der Waals surface area contributed by atoms with Crippen LogP contribution < -0.4 is 10.1 Å². The Morgan fingerprint density at radius 3 is 2.45 bits per heavy atom. The Bertz CT molecular complexity index is 1050. The summed E-state index contributed by atoms with van der Waals surface area (Å²) in [5, 5.41) is 4.81. The number of nitrogens with one attached hydrogen (secondary N) is 1. The van der Waals surface area contributed by atoms with Gasteiger partial charge in [0.05, 0.1) is 13.2 Å². The van der Waals surface area contributed by atoms with E-state index in [-0.39, 0.29) is 23.8 Å². The van der Waals surface area contributed by atoms with E-state index < -0.39 is 0 Å². The van der Waals surface area contributed by atoms with Gasteiger partial charge in [0.1, 0.15) is 5.75 Å². The summed E-state index contributed by atoms with van der Waals surface area (Å²) in [5.41, 5.74) is 1.70. The monoisotopic (exact) mass is 388 g/mol. The van der Waals surface area contributed by atoms with Crippen molar-refractivity contribution < 1.29 is 14.3 Å². The second kappa shape index (κ2) is 7.95. The lowest BCUT2D eigenvalue weighted by Crippen LogP contribution is -2.32. The molecule has 1 N–H and O–H groups in total. The van der Waals surface area contributed by atoms with Crippen LogP contribution in [0, 0.1) is 5.92 Å². The van der Waals surface area contributed by atoms with E-state index in [1.54, 1.807) is 18.1 Å². The first-order valence-corrected chi connectivity index (χ1v) is 9.74. The first-order valence-electron chi connectivity index (χ1n) is 9.74. The standard InChI is InChI=1S/C24H24N2O3/c1-26-22(27)14-17(23(26)16-8-4-3-5-9-16)15-25-24(28)20-12-13-21(29-2)19-11-7-6-10-18(19)20/h3-13,17,23H,14-15H2,1-2H3,(H,25,28)/t17-,23+/m0/s1. The van der Waals surface area contributed by atoms with Crippen molar-refractivity contribution in [3.05, 3.63) is 77.9 Å². The van der Waals surface area contributed by atoms with Crippen LogP contribution in [0.4, 0.5) is 0 Å². The zero-order valence-corrected chi connectivity index (χ0v) is 16.6. The molecule has 2 atom stereocenters. The van der Waals surface area contributed by atoms with Crippen LogP contribution in [-0.2, 0) is 4.79 Å². The van der Waals surface area contributed by atoms with Gasteiger partial charge in [-0.05, 0) is 23.1 Å². The van der Waals surface area contributed by atoms with Gasteiger partial charge in [0.2, 0.25) is 5.91 Å². The molecule has 3 aromatic rings. The number of ether oxygens (including phenoxy) is 1. The predicted molar refractivity (Wildman–Crippen MR) is 113 cm³/mol. The molecule has 0 aliphatic carbocycles. The third kappa shape index (κ3) is 3.56. The first kappa shape index (κ1) is 19.0. The van der Waals surface area contributed by atoms with Crippen LogP contribution in [0.5, 0.6) is 5.75 Å². The molecule has 148 valence electrons. The van der Waals surface area contributed by atoms with Crippen molar-refractivity contribution >= 4 is 22.6 Å². The highest BCUT2D eigenvalue weighted by Crippen LogP contribution is 2.36. The number of hydrogen-bond acceptors (Lipinski definition) is 3. The molecule has 1 aliphatic rings. The van der Waals surface area contributed by atoms with E-state index in [0.29, 0.717) is 18.5 Å². The van der Waals surface area contributed by atoms with Crippen molar-refractivity contribution in [2.75, 3.05) is 20.7 Å². The lowest BCUT2D eigenvalue weighted by atomic mass is 9.93. The SMILES string of the molecule is COc1ccc(C(=O)NC[C@@H]2CC(=O)N(C)[C@@H]2c2ccccc2)c2ccccc12. The average molecular weight is 388 g/mol. The average Bonchev–Trinajstić information content (AvgIpc) is 3.05. The Balaban J connectivity index is 1.55. The largest absolute Gasteiger partial charge is 0.496 e. The summed E-state index contributed by atoms with van der Waals surface area (Å²) >= 11 is 0. The van der Waals surface area contributed by atoms with Gasteiger partial charge in [-0.25, -0.2) is 0 Å². The number of likely N-dealkylation sites (tertiary alicyclic amines) is 1. The van der Waals surface area contributed by atoms with Gasteiger partial charge in [-0.3, -0.25) is 9.59 Å². The molecular formula is C24H24N2O3.